The van der Waals surface area contributed by atoms with E-state index in [0.717, 1.165) is 51.5 Å². The highest BCUT2D eigenvalue weighted by Gasteiger charge is 2.48. The molecule has 31 heavy (non-hydrogen) atoms. The minimum absolute atomic E-state index is 0.139. The van der Waals surface area contributed by atoms with Crippen LogP contribution < -0.4 is 0 Å². The Hall–Kier alpha value is -1.02. The molecule has 0 amide bonds. The zero-order valence-electron chi connectivity index (χ0n) is 19.3. The van der Waals surface area contributed by atoms with Crippen LogP contribution in [-0.2, 0) is 22.6 Å². The number of nitrogens with zero attached hydrogens (tertiary/aromatic N) is 1. The molecule has 1 unspecified atom stereocenters. The van der Waals surface area contributed by atoms with Gasteiger partial charge in [-0.2, -0.15) is 0 Å². The molecule has 1 nitrogen and oxygen atoms in total. The lowest BCUT2D eigenvalue weighted by molar-refractivity contribution is 0.142. The van der Waals surface area contributed by atoms with Crippen LogP contribution in [0.25, 0.3) is 0 Å². The zero-order chi connectivity index (χ0) is 22.1. The Morgan fingerprint density at radius 2 is 1.42 bits per heavy atom. The largest absolute Gasteiger partial charge is 0.298 e. The lowest BCUT2D eigenvalue weighted by Gasteiger charge is -2.35. The van der Waals surface area contributed by atoms with E-state index in [1.807, 2.05) is 0 Å². The maximum absolute atomic E-state index is 6.94. The number of hydrogen-bond acceptors (Lipinski definition) is 1. The minimum atomic E-state index is -0.139. The van der Waals surface area contributed by atoms with E-state index in [1.165, 1.54) is 28.7 Å². The van der Waals surface area contributed by atoms with Gasteiger partial charge in [-0.05, 0) is 87.5 Å². The van der Waals surface area contributed by atoms with Crippen LogP contribution in [0, 0.1) is 0 Å². The molecule has 2 aliphatic carbocycles. The Labute approximate surface area is 199 Å². The molecule has 2 fully saturated rings. The number of hydrogen-bond donors (Lipinski definition) is 0. The maximum Gasteiger partial charge on any atom is 0.0699 e. The molecule has 2 aromatic carbocycles. The average Bonchev–Trinajstić information content (AvgIpc) is 3.70. The lowest BCUT2D eigenvalue weighted by Crippen LogP contribution is -2.41. The molecule has 2 aromatic rings. The van der Waals surface area contributed by atoms with Gasteiger partial charge in [-0.3, -0.25) is 4.90 Å². The monoisotopic (exact) mass is 457 g/mol. The molecule has 1 atom stereocenters. The van der Waals surface area contributed by atoms with Gasteiger partial charge in [0, 0.05) is 18.6 Å². The third-order valence-corrected chi connectivity index (χ3v) is 8.52. The summed E-state index contributed by atoms with van der Waals surface area (Å²) in [6.07, 6.45) is 8.86. The first-order valence-corrected chi connectivity index (χ1v) is 12.9. The molecule has 0 aromatic heterocycles. The Bertz CT molecular complexity index is 832. The highest BCUT2D eigenvalue weighted by molar-refractivity contribution is 6.27. The molecular weight excluding hydrogens is 421 g/mol. The van der Waals surface area contributed by atoms with Crippen molar-refractivity contribution in [3.05, 3.63) is 70.8 Å². The summed E-state index contributed by atoms with van der Waals surface area (Å²) in [6.45, 7) is 8.11. The second-order valence-corrected chi connectivity index (χ2v) is 11.4. The highest BCUT2D eigenvalue weighted by Crippen LogP contribution is 2.58. The Balaban J connectivity index is 1.51. The van der Waals surface area contributed by atoms with Crippen molar-refractivity contribution in [3.63, 3.8) is 0 Å². The zero-order valence-corrected chi connectivity index (χ0v) is 20.9. The lowest BCUT2D eigenvalue weighted by atomic mass is 9.89. The Morgan fingerprint density at radius 3 is 1.90 bits per heavy atom. The van der Waals surface area contributed by atoms with E-state index in [-0.39, 0.29) is 9.75 Å². The van der Waals surface area contributed by atoms with E-state index in [9.17, 15) is 0 Å². The average molecular weight is 459 g/mol. The van der Waals surface area contributed by atoms with Crippen molar-refractivity contribution in [3.8, 4) is 0 Å². The number of halogens is 2. The van der Waals surface area contributed by atoms with E-state index >= 15 is 0 Å². The van der Waals surface area contributed by atoms with Crippen LogP contribution in [0.15, 0.2) is 48.5 Å². The standard InChI is InChI=1S/C28H37Cl2N/c1-4-23(31(21(2)3)20-15-22-9-6-5-7-10-22)13-14-24-25(27(29)16-17-27)11-8-12-26(24)28(30)18-19-28/h5-12,21,23H,4,13-20H2,1-3H3. The summed E-state index contributed by atoms with van der Waals surface area (Å²) >= 11 is 13.9. The fourth-order valence-electron chi connectivity index (χ4n) is 5.13. The van der Waals surface area contributed by atoms with Gasteiger partial charge in [-0.15, -0.1) is 23.2 Å². The SMILES string of the molecule is CCC(CCc1c(C2(Cl)CC2)cccc1C1(Cl)CC1)N(CCc1ccccc1)C(C)C. The Kier molecular flexibility index (Phi) is 7.06. The fourth-order valence-corrected chi connectivity index (χ4v) is 5.68. The summed E-state index contributed by atoms with van der Waals surface area (Å²) in [4.78, 5) is 2.43. The molecule has 0 spiro atoms. The topological polar surface area (TPSA) is 3.24 Å². The van der Waals surface area contributed by atoms with Gasteiger partial charge in [0.2, 0.25) is 0 Å². The van der Waals surface area contributed by atoms with Crippen LogP contribution in [0.1, 0.15) is 81.5 Å². The van der Waals surface area contributed by atoms with E-state index in [0.29, 0.717) is 12.1 Å². The van der Waals surface area contributed by atoms with Gasteiger partial charge in [0.15, 0.2) is 0 Å². The molecular formula is C28H37Cl2N. The second kappa shape index (κ2) is 9.46. The third-order valence-electron chi connectivity index (χ3n) is 7.35. The van der Waals surface area contributed by atoms with Gasteiger partial charge in [0.05, 0.1) is 9.75 Å². The molecule has 168 valence electrons. The number of alkyl halides is 2. The summed E-state index contributed by atoms with van der Waals surface area (Å²) < 4.78 is 0. The van der Waals surface area contributed by atoms with Crippen molar-refractivity contribution in [2.45, 2.75) is 94.0 Å². The predicted molar refractivity (Wildman–Crippen MR) is 134 cm³/mol. The molecule has 0 N–H and O–H groups in total. The van der Waals surface area contributed by atoms with Crippen molar-refractivity contribution < 1.29 is 0 Å². The number of benzene rings is 2. The van der Waals surface area contributed by atoms with Crippen LogP contribution in [-0.4, -0.2) is 23.5 Å². The third kappa shape index (κ3) is 5.32. The first kappa shape index (κ1) is 23.1. The van der Waals surface area contributed by atoms with E-state index in [2.05, 4.69) is 74.2 Å². The van der Waals surface area contributed by atoms with E-state index in [4.69, 9.17) is 23.2 Å². The summed E-state index contributed by atoms with van der Waals surface area (Å²) in [7, 11) is 0. The smallest absolute Gasteiger partial charge is 0.0699 e. The maximum atomic E-state index is 6.94. The van der Waals surface area contributed by atoms with Gasteiger partial charge in [0.25, 0.3) is 0 Å². The van der Waals surface area contributed by atoms with Gasteiger partial charge >= 0.3 is 0 Å². The van der Waals surface area contributed by atoms with Crippen LogP contribution >= 0.6 is 23.2 Å². The summed E-state index contributed by atoms with van der Waals surface area (Å²) in [5, 5.41) is 0. The van der Waals surface area contributed by atoms with Crippen LogP contribution in [0.2, 0.25) is 0 Å². The van der Waals surface area contributed by atoms with E-state index < -0.39 is 0 Å². The van der Waals surface area contributed by atoms with Crippen molar-refractivity contribution in [2.24, 2.45) is 0 Å². The van der Waals surface area contributed by atoms with E-state index in [1.54, 1.807) is 0 Å². The summed E-state index contributed by atoms with van der Waals surface area (Å²) in [5.74, 6) is 0. The highest BCUT2D eigenvalue weighted by atomic mass is 35.5. The molecule has 0 radical (unpaired) electrons. The van der Waals surface area contributed by atoms with Crippen molar-refractivity contribution >= 4 is 23.2 Å². The minimum Gasteiger partial charge on any atom is -0.298 e. The molecule has 0 heterocycles. The first-order chi connectivity index (χ1) is 14.9. The Morgan fingerprint density at radius 1 is 0.839 bits per heavy atom. The van der Waals surface area contributed by atoms with Crippen LogP contribution in [0.3, 0.4) is 0 Å². The van der Waals surface area contributed by atoms with Gasteiger partial charge in [0.1, 0.15) is 0 Å². The fraction of sp³-hybridized carbons (Fsp3) is 0.571. The summed E-state index contributed by atoms with van der Waals surface area (Å²) in [6, 6.07) is 18.7. The van der Waals surface area contributed by atoms with Crippen molar-refractivity contribution in [2.75, 3.05) is 6.54 Å². The van der Waals surface area contributed by atoms with Gasteiger partial charge in [-0.25, -0.2) is 0 Å². The molecule has 0 aliphatic heterocycles. The first-order valence-electron chi connectivity index (χ1n) is 12.2. The molecule has 4 rings (SSSR count). The summed E-state index contributed by atoms with van der Waals surface area (Å²) in [5.41, 5.74) is 5.58. The van der Waals surface area contributed by atoms with Crippen molar-refractivity contribution in [1.82, 2.24) is 4.90 Å². The molecule has 3 heteroatoms. The van der Waals surface area contributed by atoms with Crippen molar-refractivity contribution in [1.29, 1.82) is 0 Å². The van der Waals surface area contributed by atoms with Gasteiger partial charge in [-0.1, -0.05) is 55.5 Å². The molecule has 0 bridgehead atoms. The molecule has 2 saturated carbocycles. The van der Waals surface area contributed by atoms with Gasteiger partial charge < -0.3 is 0 Å². The molecule has 0 saturated heterocycles. The van der Waals surface area contributed by atoms with Crippen LogP contribution in [0.4, 0.5) is 0 Å². The second-order valence-electron chi connectivity index (χ2n) is 9.93. The predicted octanol–water partition coefficient (Wildman–Crippen LogP) is 7.81. The normalized spacial score (nSPS) is 19.6. The number of rotatable bonds is 11. The molecule has 2 aliphatic rings. The van der Waals surface area contributed by atoms with Crippen LogP contribution in [0.5, 0.6) is 0 Å². The quantitative estimate of drug-likeness (QED) is 0.311.